The third-order valence-corrected chi connectivity index (χ3v) is 6.08. The highest BCUT2D eigenvalue weighted by Gasteiger charge is 2.27. The molecule has 38 heavy (non-hydrogen) atoms. The number of carbonyl (C=O) groups excluding carboxylic acids is 1. The number of H-pyrrole nitrogens is 1. The fraction of sp³-hybridized carbons (Fsp3) is 0.0909. The van der Waals surface area contributed by atoms with E-state index in [1.54, 1.807) is 6.07 Å². The van der Waals surface area contributed by atoms with Crippen LogP contribution >= 0.6 is 0 Å². The van der Waals surface area contributed by atoms with Crippen molar-refractivity contribution in [2.75, 3.05) is 11.6 Å². The van der Waals surface area contributed by atoms with E-state index in [2.05, 4.69) is 30.6 Å². The quantitative estimate of drug-likeness (QED) is 0.251. The molecule has 194 valence electrons. The molecule has 4 aromatic rings. The second-order valence-electron chi connectivity index (χ2n) is 7.70. The van der Waals surface area contributed by atoms with Crippen molar-refractivity contribution in [1.29, 1.82) is 0 Å². The zero-order valence-electron chi connectivity index (χ0n) is 19.6. The first-order valence-electron chi connectivity index (χ1n) is 10.6. The predicted molar refractivity (Wildman–Crippen MR) is 132 cm³/mol. The average Bonchev–Trinajstić information content (AvgIpc) is 3.28. The molecule has 15 nitrogen and oxygen atoms in total. The first kappa shape index (κ1) is 25.8. The molecule has 0 bridgehead atoms. The molecule has 0 fully saturated rings. The number of aromatic amines is 1. The van der Waals surface area contributed by atoms with Gasteiger partial charge < -0.3 is 15.5 Å². The van der Waals surface area contributed by atoms with Crippen molar-refractivity contribution in [2.45, 2.75) is 11.8 Å². The SMILES string of the molecule is CC(=O)Nc1ccccc1-c1c(C(=O)O)c(O)[nH]c(=O)c1N=Nc1c(S(C)(=O)=O)cnn1-c1ncccn1. The third kappa shape index (κ3) is 5.00. The number of carboxylic acids is 1. The molecule has 1 amide bonds. The van der Waals surface area contributed by atoms with E-state index in [4.69, 9.17) is 0 Å². The Labute approximate surface area is 213 Å². The number of azo groups is 1. The topological polar surface area (TPSA) is 222 Å². The lowest BCUT2D eigenvalue weighted by Crippen LogP contribution is -2.14. The zero-order valence-corrected chi connectivity index (χ0v) is 20.5. The number of amides is 1. The van der Waals surface area contributed by atoms with Crippen LogP contribution in [0.15, 0.2) is 68.8 Å². The Morgan fingerprint density at radius 1 is 1.11 bits per heavy atom. The minimum Gasteiger partial charge on any atom is -0.494 e. The molecule has 0 radical (unpaired) electrons. The molecule has 0 saturated heterocycles. The van der Waals surface area contributed by atoms with Crippen molar-refractivity contribution in [3.63, 3.8) is 0 Å². The maximum absolute atomic E-state index is 12.9. The number of sulfone groups is 1. The van der Waals surface area contributed by atoms with E-state index >= 15 is 0 Å². The number of nitrogens with zero attached hydrogens (tertiary/aromatic N) is 6. The van der Waals surface area contributed by atoms with Gasteiger partial charge in [-0.15, -0.1) is 10.2 Å². The summed E-state index contributed by atoms with van der Waals surface area (Å²) >= 11 is 0. The van der Waals surface area contributed by atoms with Gasteiger partial charge in [0, 0.05) is 42.4 Å². The molecular weight excluding hydrogens is 520 g/mol. The monoisotopic (exact) mass is 538 g/mol. The molecule has 0 saturated carbocycles. The number of aromatic nitrogens is 5. The second-order valence-corrected chi connectivity index (χ2v) is 9.68. The van der Waals surface area contributed by atoms with E-state index in [0.29, 0.717) is 0 Å². The van der Waals surface area contributed by atoms with Crippen LogP contribution in [0.2, 0.25) is 0 Å². The van der Waals surface area contributed by atoms with Gasteiger partial charge in [-0.05, 0) is 12.1 Å². The molecule has 4 rings (SSSR count). The summed E-state index contributed by atoms with van der Waals surface area (Å²) in [6, 6.07) is 7.43. The van der Waals surface area contributed by atoms with Crippen molar-refractivity contribution in [2.24, 2.45) is 10.2 Å². The van der Waals surface area contributed by atoms with Gasteiger partial charge in [0.1, 0.15) is 10.5 Å². The summed E-state index contributed by atoms with van der Waals surface area (Å²) in [5.41, 5.74) is -2.62. The van der Waals surface area contributed by atoms with Gasteiger partial charge in [-0.1, -0.05) is 18.2 Å². The number of aromatic carboxylic acids is 1. The van der Waals surface area contributed by atoms with Gasteiger partial charge in [-0.3, -0.25) is 14.6 Å². The van der Waals surface area contributed by atoms with Gasteiger partial charge in [-0.2, -0.15) is 9.78 Å². The minimum atomic E-state index is -3.91. The van der Waals surface area contributed by atoms with E-state index in [1.807, 2.05) is 4.98 Å². The highest BCUT2D eigenvalue weighted by molar-refractivity contribution is 7.90. The summed E-state index contributed by atoms with van der Waals surface area (Å²) in [6.07, 6.45) is 4.67. The molecule has 0 unspecified atom stereocenters. The van der Waals surface area contributed by atoms with Crippen LogP contribution in [0.1, 0.15) is 17.3 Å². The van der Waals surface area contributed by atoms with Crippen LogP contribution in [0.25, 0.3) is 17.1 Å². The fourth-order valence-electron chi connectivity index (χ4n) is 3.47. The summed E-state index contributed by atoms with van der Waals surface area (Å²) in [7, 11) is -3.91. The molecule has 0 aliphatic carbocycles. The number of carbonyl (C=O) groups is 2. The summed E-state index contributed by atoms with van der Waals surface area (Å²) in [4.78, 5) is 46.4. The normalized spacial score (nSPS) is 11.5. The van der Waals surface area contributed by atoms with E-state index in [1.165, 1.54) is 43.6 Å². The van der Waals surface area contributed by atoms with Crippen molar-refractivity contribution < 1.29 is 28.2 Å². The summed E-state index contributed by atoms with van der Waals surface area (Å²) < 4.78 is 25.7. The van der Waals surface area contributed by atoms with E-state index in [9.17, 15) is 33.0 Å². The van der Waals surface area contributed by atoms with Gasteiger partial charge in [-0.25, -0.2) is 23.2 Å². The highest BCUT2D eigenvalue weighted by atomic mass is 32.2. The molecule has 16 heteroatoms. The van der Waals surface area contributed by atoms with Gasteiger partial charge in [0.25, 0.3) is 11.5 Å². The van der Waals surface area contributed by atoms with Crippen LogP contribution in [-0.4, -0.2) is 61.5 Å². The van der Waals surface area contributed by atoms with Gasteiger partial charge >= 0.3 is 5.97 Å². The van der Waals surface area contributed by atoms with E-state index in [-0.39, 0.29) is 33.5 Å². The summed E-state index contributed by atoms with van der Waals surface area (Å²) in [5.74, 6) is -3.50. The Bertz CT molecular complexity index is 1760. The first-order chi connectivity index (χ1) is 18.0. The Morgan fingerprint density at radius 2 is 1.79 bits per heavy atom. The van der Waals surface area contributed by atoms with Crippen molar-refractivity contribution >= 4 is 38.9 Å². The molecule has 4 N–H and O–H groups in total. The van der Waals surface area contributed by atoms with Gasteiger partial charge in [0.15, 0.2) is 21.3 Å². The Morgan fingerprint density at radius 3 is 2.42 bits per heavy atom. The Balaban J connectivity index is 2.03. The van der Waals surface area contributed by atoms with E-state index in [0.717, 1.165) is 17.1 Å². The summed E-state index contributed by atoms with van der Waals surface area (Å²) in [6.45, 7) is 1.23. The van der Waals surface area contributed by atoms with Gasteiger partial charge in [0.05, 0.1) is 6.20 Å². The van der Waals surface area contributed by atoms with Crippen LogP contribution < -0.4 is 10.9 Å². The lowest BCUT2D eigenvalue weighted by Gasteiger charge is -2.14. The smallest absolute Gasteiger partial charge is 0.341 e. The van der Waals surface area contributed by atoms with Crippen molar-refractivity contribution in [3.8, 4) is 23.0 Å². The van der Waals surface area contributed by atoms with Crippen molar-refractivity contribution in [3.05, 3.63) is 64.8 Å². The minimum absolute atomic E-state index is 0.0266. The molecule has 0 atom stereocenters. The number of pyridine rings is 1. The first-order valence-corrected chi connectivity index (χ1v) is 12.4. The molecule has 0 spiro atoms. The lowest BCUT2D eigenvalue weighted by molar-refractivity contribution is -0.114. The number of rotatable bonds is 7. The number of para-hydroxylation sites is 1. The number of anilines is 1. The number of benzene rings is 1. The van der Waals surface area contributed by atoms with Crippen LogP contribution in [0.5, 0.6) is 5.88 Å². The fourth-order valence-corrected chi connectivity index (χ4v) is 4.17. The zero-order chi connectivity index (χ0) is 27.6. The molecule has 3 heterocycles. The van der Waals surface area contributed by atoms with Crippen molar-refractivity contribution in [1.82, 2.24) is 24.7 Å². The summed E-state index contributed by atoms with van der Waals surface area (Å²) in [5, 5.41) is 34.5. The Kier molecular flexibility index (Phi) is 6.81. The average molecular weight is 539 g/mol. The second kappa shape index (κ2) is 10.0. The Hall–Kier alpha value is -5.25. The molecule has 3 aromatic heterocycles. The van der Waals surface area contributed by atoms with Crippen LogP contribution in [0, 0.1) is 0 Å². The molecule has 1 aromatic carbocycles. The third-order valence-electron chi connectivity index (χ3n) is 4.99. The number of hydrogen-bond donors (Lipinski definition) is 4. The van der Waals surface area contributed by atoms with Crippen LogP contribution in [-0.2, 0) is 14.6 Å². The molecule has 0 aliphatic heterocycles. The maximum Gasteiger partial charge on any atom is 0.341 e. The largest absolute Gasteiger partial charge is 0.494 e. The number of nitrogens with one attached hydrogen (secondary N) is 2. The van der Waals surface area contributed by atoms with Crippen LogP contribution in [0.4, 0.5) is 17.2 Å². The number of hydrogen-bond acceptors (Lipinski definition) is 11. The highest BCUT2D eigenvalue weighted by Crippen LogP contribution is 2.39. The lowest BCUT2D eigenvalue weighted by atomic mass is 9.97. The van der Waals surface area contributed by atoms with Gasteiger partial charge in [0.2, 0.25) is 11.8 Å². The molecular formula is C22H18N8O7S. The standard InChI is InChI=1S/C22H18N8O7S/c1-11(31)26-13-7-4-3-6-12(13)15-16(21(34)35)19(32)27-20(33)17(15)28-29-18-14(38(2,36)37)10-25-30(18)22-23-8-5-9-24-22/h3-10H,1-2H3,(H,26,31)(H,34,35)(H2,27,32,33). The molecule has 0 aliphatic rings. The van der Waals surface area contributed by atoms with E-state index < -0.39 is 44.4 Å². The van der Waals surface area contributed by atoms with Crippen LogP contribution in [0.3, 0.4) is 0 Å². The maximum atomic E-state index is 12.9. The number of aromatic hydroxyl groups is 1. The number of carboxylic acid groups (broad SMARTS) is 1. The predicted octanol–water partition coefficient (Wildman–Crippen LogP) is 2.20.